The molecule has 0 fully saturated rings. The molecule has 2 aromatic carbocycles. The molecule has 1 atom stereocenters. The Hall–Kier alpha value is -1.87. The van der Waals surface area contributed by atoms with Gasteiger partial charge in [-0.1, -0.05) is 18.2 Å². The predicted octanol–water partition coefficient (Wildman–Crippen LogP) is 3.85. The van der Waals surface area contributed by atoms with E-state index < -0.39 is 0 Å². The highest BCUT2D eigenvalue weighted by Crippen LogP contribution is 2.32. The molecule has 3 rings (SSSR count). The second-order valence-electron chi connectivity index (χ2n) is 5.60. The summed E-state index contributed by atoms with van der Waals surface area (Å²) < 4.78 is 13.3. The molecule has 0 amide bonds. The highest BCUT2D eigenvalue weighted by Gasteiger charge is 2.20. The molecular weight excluding hydrogens is 265 g/mol. The molecule has 0 saturated heterocycles. The van der Waals surface area contributed by atoms with E-state index in [-0.39, 0.29) is 18.5 Å². The Morgan fingerprint density at radius 1 is 1.14 bits per heavy atom. The molecule has 110 valence electrons. The minimum absolute atomic E-state index is 0.150. The normalized spacial score (nSPS) is 17.3. The summed E-state index contributed by atoms with van der Waals surface area (Å²) in [5.41, 5.74) is 4.53. The van der Waals surface area contributed by atoms with Crippen molar-refractivity contribution in [2.24, 2.45) is 0 Å². The maximum absolute atomic E-state index is 13.3. The van der Waals surface area contributed by atoms with Gasteiger partial charge in [-0.3, -0.25) is 0 Å². The molecule has 0 aliphatic heterocycles. The lowest BCUT2D eigenvalue weighted by Gasteiger charge is -2.27. The number of aliphatic hydroxyl groups excluding tert-OH is 1. The molecule has 1 aliphatic rings. The summed E-state index contributed by atoms with van der Waals surface area (Å²) in [5, 5.41) is 12.5. The van der Waals surface area contributed by atoms with Crippen molar-refractivity contribution in [1.82, 2.24) is 0 Å². The third-order valence-corrected chi connectivity index (χ3v) is 4.11. The van der Waals surface area contributed by atoms with Crippen LogP contribution in [0.2, 0.25) is 0 Å². The van der Waals surface area contributed by atoms with Gasteiger partial charge in [-0.15, -0.1) is 0 Å². The zero-order valence-electron chi connectivity index (χ0n) is 12.0. The number of hydrogen-bond donors (Lipinski definition) is 2. The number of aliphatic hydroxyl groups is 1. The molecule has 2 nitrogen and oxygen atoms in total. The molecule has 3 heteroatoms. The quantitative estimate of drug-likeness (QED) is 0.894. The van der Waals surface area contributed by atoms with Crippen molar-refractivity contribution in [2.75, 3.05) is 11.9 Å². The van der Waals surface area contributed by atoms with Gasteiger partial charge in [0.1, 0.15) is 5.82 Å². The molecular formula is C18H20FNO. The summed E-state index contributed by atoms with van der Waals surface area (Å²) >= 11 is 0. The van der Waals surface area contributed by atoms with Gasteiger partial charge in [-0.25, -0.2) is 4.39 Å². The van der Waals surface area contributed by atoms with E-state index in [0.29, 0.717) is 6.42 Å². The van der Waals surface area contributed by atoms with Gasteiger partial charge in [0.2, 0.25) is 0 Å². The SMILES string of the molecule is OCCc1ccc(NC2CCCc3cc(F)ccc32)cc1. The first kappa shape index (κ1) is 14.1. The van der Waals surface area contributed by atoms with Gasteiger partial charge >= 0.3 is 0 Å². The molecule has 0 heterocycles. The molecule has 0 spiro atoms. The fourth-order valence-electron chi connectivity index (χ4n) is 3.03. The Balaban J connectivity index is 1.77. The van der Waals surface area contributed by atoms with E-state index in [4.69, 9.17) is 5.11 Å². The van der Waals surface area contributed by atoms with Gasteiger partial charge in [-0.2, -0.15) is 0 Å². The lowest BCUT2D eigenvalue weighted by molar-refractivity contribution is 0.299. The van der Waals surface area contributed by atoms with Crippen molar-refractivity contribution in [3.8, 4) is 0 Å². The van der Waals surface area contributed by atoms with Crippen LogP contribution in [0.5, 0.6) is 0 Å². The molecule has 0 aromatic heterocycles. The first-order valence-electron chi connectivity index (χ1n) is 7.51. The van der Waals surface area contributed by atoms with Crippen molar-refractivity contribution >= 4 is 5.69 Å². The topological polar surface area (TPSA) is 32.3 Å². The third kappa shape index (κ3) is 3.24. The van der Waals surface area contributed by atoms with Crippen molar-refractivity contribution in [1.29, 1.82) is 0 Å². The molecule has 21 heavy (non-hydrogen) atoms. The van der Waals surface area contributed by atoms with Gasteiger partial charge in [-0.05, 0) is 66.6 Å². The fourth-order valence-corrected chi connectivity index (χ4v) is 3.03. The van der Waals surface area contributed by atoms with Gasteiger partial charge in [0, 0.05) is 12.3 Å². The molecule has 0 saturated carbocycles. The molecule has 0 bridgehead atoms. The Bertz CT molecular complexity index is 609. The average Bonchev–Trinajstić information content (AvgIpc) is 2.49. The number of rotatable bonds is 4. The second-order valence-corrected chi connectivity index (χ2v) is 5.60. The highest BCUT2D eigenvalue weighted by molar-refractivity contribution is 5.48. The summed E-state index contributed by atoms with van der Waals surface area (Å²) in [6.45, 7) is 0.175. The first-order chi connectivity index (χ1) is 10.3. The Kier molecular flexibility index (Phi) is 4.20. The van der Waals surface area contributed by atoms with Crippen LogP contribution in [0.1, 0.15) is 35.6 Å². The molecule has 1 unspecified atom stereocenters. The van der Waals surface area contributed by atoms with E-state index in [1.165, 1.54) is 5.56 Å². The number of nitrogens with one attached hydrogen (secondary N) is 1. The van der Waals surface area contributed by atoms with Crippen molar-refractivity contribution in [3.05, 3.63) is 65.0 Å². The van der Waals surface area contributed by atoms with Crippen LogP contribution >= 0.6 is 0 Å². The van der Waals surface area contributed by atoms with Crippen LogP contribution in [0.4, 0.5) is 10.1 Å². The first-order valence-corrected chi connectivity index (χ1v) is 7.51. The van der Waals surface area contributed by atoms with E-state index in [2.05, 4.69) is 5.32 Å². The zero-order valence-corrected chi connectivity index (χ0v) is 12.0. The van der Waals surface area contributed by atoms with Gasteiger partial charge in [0.05, 0.1) is 6.04 Å². The number of hydrogen-bond acceptors (Lipinski definition) is 2. The minimum Gasteiger partial charge on any atom is -0.396 e. The molecule has 0 radical (unpaired) electrons. The van der Waals surface area contributed by atoms with Crippen LogP contribution in [-0.2, 0) is 12.8 Å². The third-order valence-electron chi connectivity index (χ3n) is 4.11. The second kappa shape index (κ2) is 6.27. The fraction of sp³-hybridized carbons (Fsp3) is 0.333. The van der Waals surface area contributed by atoms with E-state index in [9.17, 15) is 4.39 Å². The maximum atomic E-state index is 13.3. The molecule has 2 aromatic rings. The van der Waals surface area contributed by atoms with Crippen LogP contribution in [0.25, 0.3) is 0 Å². The summed E-state index contributed by atoms with van der Waals surface area (Å²) in [5.74, 6) is -0.150. The number of aryl methyl sites for hydroxylation is 1. The maximum Gasteiger partial charge on any atom is 0.123 e. The smallest absolute Gasteiger partial charge is 0.123 e. The van der Waals surface area contributed by atoms with Crippen molar-refractivity contribution < 1.29 is 9.50 Å². The summed E-state index contributed by atoms with van der Waals surface area (Å²) in [6.07, 6.45) is 3.79. The Morgan fingerprint density at radius 3 is 2.71 bits per heavy atom. The number of fused-ring (bicyclic) bond motifs is 1. The van der Waals surface area contributed by atoms with E-state index in [1.807, 2.05) is 30.3 Å². The molecule has 1 aliphatic carbocycles. The van der Waals surface area contributed by atoms with Gasteiger partial charge in [0.15, 0.2) is 0 Å². The Labute approximate surface area is 124 Å². The monoisotopic (exact) mass is 285 g/mol. The Morgan fingerprint density at radius 2 is 1.95 bits per heavy atom. The molecule has 2 N–H and O–H groups in total. The van der Waals surface area contributed by atoms with Crippen molar-refractivity contribution in [3.63, 3.8) is 0 Å². The van der Waals surface area contributed by atoms with Crippen LogP contribution in [0, 0.1) is 5.82 Å². The van der Waals surface area contributed by atoms with Crippen LogP contribution in [-0.4, -0.2) is 11.7 Å². The average molecular weight is 285 g/mol. The minimum atomic E-state index is -0.150. The van der Waals surface area contributed by atoms with Gasteiger partial charge < -0.3 is 10.4 Å². The van der Waals surface area contributed by atoms with Crippen LogP contribution < -0.4 is 5.32 Å². The van der Waals surface area contributed by atoms with E-state index in [0.717, 1.165) is 36.1 Å². The standard InChI is InChI=1S/C18H20FNO/c19-15-6-9-17-14(12-15)2-1-3-18(17)20-16-7-4-13(5-8-16)10-11-21/h4-9,12,18,20-21H,1-3,10-11H2. The summed E-state index contributed by atoms with van der Waals surface area (Å²) in [6, 6.07) is 13.5. The number of benzene rings is 2. The lowest BCUT2D eigenvalue weighted by Crippen LogP contribution is -2.17. The highest BCUT2D eigenvalue weighted by atomic mass is 19.1. The lowest BCUT2D eigenvalue weighted by atomic mass is 9.87. The van der Waals surface area contributed by atoms with Crippen LogP contribution in [0.15, 0.2) is 42.5 Å². The van der Waals surface area contributed by atoms with Gasteiger partial charge in [0.25, 0.3) is 0 Å². The number of halogens is 1. The van der Waals surface area contributed by atoms with E-state index >= 15 is 0 Å². The van der Waals surface area contributed by atoms with Crippen LogP contribution in [0.3, 0.4) is 0 Å². The summed E-state index contributed by atoms with van der Waals surface area (Å²) in [7, 11) is 0. The predicted molar refractivity (Wildman–Crippen MR) is 82.9 cm³/mol. The number of anilines is 1. The van der Waals surface area contributed by atoms with E-state index in [1.54, 1.807) is 12.1 Å². The largest absolute Gasteiger partial charge is 0.396 e. The summed E-state index contributed by atoms with van der Waals surface area (Å²) in [4.78, 5) is 0. The van der Waals surface area contributed by atoms with Crippen molar-refractivity contribution in [2.45, 2.75) is 31.7 Å². The zero-order chi connectivity index (χ0) is 14.7.